The number of benzene rings is 3. The van der Waals surface area contributed by atoms with Crippen molar-refractivity contribution in [3.63, 3.8) is 0 Å². The van der Waals surface area contributed by atoms with Gasteiger partial charge in [0.1, 0.15) is 17.0 Å². The minimum atomic E-state index is -1.21. The van der Waals surface area contributed by atoms with Crippen LogP contribution in [0.1, 0.15) is 54.0 Å². The van der Waals surface area contributed by atoms with Crippen molar-refractivity contribution in [2.24, 2.45) is 4.99 Å². The van der Waals surface area contributed by atoms with E-state index in [0.717, 1.165) is 16.7 Å². The van der Waals surface area contributed by atoms with Gasteiger partial charge in [-0.15, -0.1) is 0 Å². The summed E-state index contributed by atoms with van der Waals surface area (Å²) in [5, 5.41) is 9.72. The van der Waals surface area contributed by atoms with E-state index >= 15 is 0 Å². The molecule has 1 unspecified atom stereocenters. The average Bonchev–Trinajstić information content (AvgIpc) is 3.34. The Bertz CT molecular complexity index is 1410. The van der Waals surface area contributed by atoms with Crippen molar-refractivity contribution in [1.82, 2.24) is 0 Å². The van der Waals surface area contributed by atoms with Gasteiger partial charge in [0.15, 0.2) is 5.78 Å². The molecular formula is C31H30ClNO5. The first kappa shape index (κ1) is 27.1. The molecule has 0 saturated carbocycles. The zero-order valence-electron chi connectivity index (χ0n) is 21.8. The van der Waals surface area contributed by atoms with E-state index in [0.29, 0.717) is 22.1 Å². The van der Waals surface area contributed by atoms with E-state index in [4.69, 9.17) is 21.1 Å². The number of ether oxygens (including phenoxy) is 2. The lowest BCUT2D eigenvalue weighted by atomic mass is 9.83. The van der Waals surface area contributed by atoms with Gasteiger partial charge >= 0.3 is 5.97 Å². The third kappa shape index (κ3) is 5.97. The zero-order valence-corrected chi connectivity index (χ0v) is 22.5. The number of nitrogens with zero attached hydrogens (tertiary/aromatic N) is 1. The molecule has 0 aliphatic carbocycles. The van der Waals surface area contributed by atoms with Gasteiger partial charge in [0.25, 0.3) is 0 Å². The highest BCUT2D eigenvalue weighted by Crippen LogP contribution is 2.36. The Hall–Kier alpha value is -3.90. The van der Waals surface area contributed by atoms with Crippen molar-refractivity contribution in [2.45, 2.75) is 51.9 Å². The summed E-state index contributed by atoms with van der Waals surface area (Å²) in [4.78, 5) is 30.1. The van der Waals surface area contributed by atoms with Crippen LogP contribution in [0.2, 0.25) is 5.02 Å². The number of ketones is 1. The zero-order chi connectivity index (χ0) is 27.4. The maximum atomic E-state index is 13.9. The number of aliphatic imine (C=N–C) groups is 1. The van der Waals surface area contributed by atoms with Crippen LogP contribution in [-0.4, -0.2) is 40.8 Å². The molecule has 196 valence electrons. The van der Waals surface area contributed by atoms with Crippen LogP contribution >= 0.6 is 11.6 Å². The molecule has 1 atom stereocenters. The van der Waals surface area contributed by atoms with E-state index < -0.39 is 11.5 Å². The molecule has 1 heterocycles. The number of rotatable bonds is 10. The van der Waals surface area contributed by atoms with Gasteiger partial charge in [0, 0.05) is 18.2 Å². The molecule has 1 N–H and O–H groups in total. The van der Waals surface area contributed by atoms with Crippen molar-refractivity contribution in [3.05, 3.63) is 94.5 Å². The fourth-order valence-electron chi connectivity index (χ4n) is 4.39. The molecule has 0 spiro atoms. The van der Waals surface area contributed by atoms with Gasteiger partial charge in [-0.2, -0.15) is 0 Å². The summed E-state index contributed by atoms with van der Waals surface area (Å²) in [5.74, 6) is -0.0153. The number of aromatic carboxylic acids is 1. The molecule has 0 bridgehead atoms. The van der Waals surface area contributed by atoms with Crippen LogP contribution in [-0.2, 0) is 6.42 Å². The topological polar surface area (TPSA) is 85.2 Å². The van der Waals surface area contributed by atoms with E-state index in [-0.39, 0.29) is 30.0 Å². The molecule has 0 saturated heterocycles. The standard InChI is InChI=1S/C31H30ClNO5/c1-19(2)37-25-10-11-26(27(32)17-25)29(34)31(13-6-14-33-31)18-24-16-22(9-12-28(24)38-20(3)4)21-7-5-8-23(15-21)30(35)36/h5-17,19-20H,18H2,1-4H3,(H,35,36). The lowest BCUT2D eigenvalue weighted by molar-refractivity contribution is 0.0696. The molecular weight excluding hydrogens is 502 g/mol. The van der Waals surface area contributed by atoms with E-state index in [2.05, 4.69) is 4.99 Å². The van der Waals surface area contributed by atoms with Crippen LogP contribution in [0, 0.1) is 0 Å². The van der Waals surface area contributed by atoms with Crippen LogP contribution in [0.3, 0.4) is 0 Å². The van der Waals surface area contributed by atoms with Gasteiger partial charge in [-0.25, -0.2) is 4.79 Å². The fraction of sp³-hybridized carbons (Fsp3) is 0.258. The SMILES string of the molecule is CC(C)Oc1ccc(C(=O)C2(Cc3cc(-c4cccc(C(=O)O)c4)ccc3OC(C)C)C=CC=N2)c(Cl)c1. The maximum Gasteiger partial charge on any atom is 0.335 e. The minimum absolute atomic E-state index is 0.0239. The second kappa shape index (κ2) is 11.2. The molecule has 1 aliphatic rings. The number of carbonyl (C=O) groups excluding carboxylic acids is 1. The summed E-state index contributed by atoms with van der Waals surface area (Å²) in [7, 11) is 0. The largest absolute Gasteiger partial charge is 0.491 e. The number of hydrogen-bond acceptors (Lipinski definition) is 5. The van der Waals surface area contributed by atoms with Gasteiger partial charge in [-0.1, -0.05) is 29.8 Å². The van der Waals surface area contributed by atoms with Crippen LogP contribution in [0.25, 0.3) is 11.1 Å². The second-order valence-electron chi connectivity index (χ2n) is 9.75. The molecule has 0 amide bonds. The summed E-state index contributed by atoms with van der Waals surface area (Å²) in [6.45, 7) is 7.71. The summed E-state index contributed by atoms with van der Waals surface area (Å²) in [5.41, 5.74) is 1.66. The number of hydrogen-bond donors (Lipinski definition) is 1. The van der Waals surface area contributed by atoms with Gasteiger partial charge in [-0.3, -0.25) is 9.79 Å². The van der Waals surface area contributed by atoms with Crippen LogP contribution < -0.4 is 9.47 Å². The van der Waals surface area contributed by atoms with Crippen molar-refractivity contribution < 1.29 is 24.2 Å². The number of allylic oxidation sites excluding steroid dienone is 1. The number of carboxylic acid groups (broad SMARTS) is 1. The minimum Gasteiger partial charge on any atom is -0.491 e. The summed E-state index contributed by atoms with van der Waals surface area (Å²) < 4.78 is 11.8. The third-order valence-electron chi connectivity index (χ3n) is 6.04. The molecule has 6 nitrogen and oxygen atoms in total. The highest BCUT2D eigenvalue weighted by Gasteiger charge is 2.39. The van der Waals surface area contributed by atoms with Crippen molar-refractivity contribution in [1.29, 1.82) is 0 Å². The first-order valence-electron chi connectivity index (χ1n) is 12.5. The molecule has 3 aromatic carbocycles. The number of carboxylic acids is 1. The van der Waals surface area contributed by atoms with E-state index in [1.54, 1.807) is 54.8 Å². The maximum absolute atomic E-state index is 13.9. The third-order valence-corrected chi connectivity index (χ3v) is 6.35. The van der Waals surface area contributed by atoms with Crippen LogP contribution in [0.4, 0.5) is 0 Å². The molecule has 0 radical (unpaired) electrons. The quantitative estimate of drug-likeness (QED) is 0.282. The van der Waals surface area contributed by atoms with Gasteiger partial charge in [0.2, 0.25) is 0 Å². The lowest BCUT2D eigenvalue weighted by Crippen LogP contribution is -2.36. The van der Waals surface area contributed by atoms with Crippen LogP contribution in [0.5, 0.6) is 11.5 Å². The molecule has 0 fully saturated rings. The van der Waals surface area contributed by atoms with Crippen molar-refractivity contribution >= 4 is 29.6 Å². The Morgan fingerprint density at radius 2 is 1.68 bits per heavy atom. The molecule has 1 aliphatic heterocycles. The summed E-state index contributed by atoms with van der Waals surface area (Å²) >= 11 is 6.55. The summed E-state index contributed by atoms with van der Waals surface area (Å²) in [6.07, 6.45) is 5.27. The van der Waals surface area contributed by atoms with E-state index in [1.165, 1.54) is 0 Å². The lowest BCUT2D eigenvalue weighted by Gasteiger charge is -2.26. The monoisotopic (exact) mass is 531 g/mol. The number of carbonyl (C=O) groups is 2. The van der Waals surface area contributed by atoms with Gasteiger partial charge in [0.05, 0.1) is 22.8 Å². The predicted molar refractivity (Wildman–Crippen MR) is 150 cm³/mol. The fourth-order valence-corrected chi connectivity index (χ4v) is 4.64. The number of Topliss-reactive ketones (excluding diaryl/α,β-unsaturated/α-hetero) is 1. The molecule has 7 heteroatoms. The van der Waals surface area contributed by atoms with Gasteiger partial charge < -0.3 is 14.6 Å². The van der Waals surface area contributed by atoms with E-state index in [9.17, 15) is 14.7 Å². The Balaban J connectivity index is 1.75. The average molecular weight is 532 g/mol. The normalized spacial score (nSPS) is 16.3. The van der Waals surface area contributed by atoms with Crippen LogP contribution in [0.15, 0.2) is 77.8 Å². The first-order valence-corrected chi connectivity index (χ1v) is 12.8. The van der Waals surface area contributed by atoms with Crippen molar-refractivity contribution in [2.75, 3.05) is 0 Å². The first-order chi connectivity index (χ1) is 18.1. The Kier molecular flexibility index (Phi) is 8.02. The molecule has 38 heavy (non-hydrogen) atoms. The Morgan fingerprint density at radius 1 is 0.947 bits per heavy atom. The van der Waals surface area contributed by atoms with E-state index in [1.807, 2.05) is 52.0 Å². The van der Waals surface area contributed by atoms with Gasteiger partial charge in [-0.05, 0) is 99.0 Å². The highest BCUT2D eigenvalue weighted by molar-refractivity contribution is 6.34. The molecule has 4 rings (SSSR count). The molecule has 3 aromatic rings. The summed E-state index contributed by atoms with van der Waals surface area (Å²) in [6, 6.07) is 17.5. The predicted octanol–water partition coefficient (Wildman–Crippen LogP) is 7.08. The molecule has 0 aromatic heterocycles. The Morgan fingerprint density at radius 3 is 2.32 bits per heavy atom. The second-order valence-corrected chi connectivity index (χ2v) is 10.2. The van der Waals surface area contributed by atoms with Crippen molar-refractivity contribution in [3.8, 4) is 22.6 Å². The number of halogens is 1. The smallest absolute Gasteiger partial charge is 0.335 e. The highest BCUT2D eigenvalue weighted by atomic mass is 35.5. The Labute approximate surface area is 227 Å².